The van der Waals surface area contributed by atoms with Crippen molar-refractivity contribution in [2.24, 2.45) is 5.92 Å². The smallest absolute Gasteiger partial charge is 0.310 e. The second kappa shape index (κ2) is 7.57. The van der Waals surface area contributed by atoms with Crippen molar-refractivity contribution in [2.75, 3.05) is 13.2 Å². The summed E-state index contributed by atoms with van der Waals surface area (Å²) in [7, 11) is 0. The number of hydrogen-bond acceptors (Lipinski definition) is 3. The zero-order chi connectivity index (χ0) is 15.2. The molecule has 1 fully saturated rings. The van der Waals surface area contributed by atoms with E-state index in [9.17, 15) is 4.79 Å². The van der Waals surface area contributed by atoms with Gasteiger partial charge in [-0.25, -0.2) is 0 Å². The lowest BCUT2D eigenvalue weighted by molar-refractivity contribution is -0.138. The first kappa shape index (κ1) is 16.0. The molecular weight excluding hydrogens is 266 g/mol. The first-order chi connectivity index (χ1) is 10.1. The van der Waals surface area contributed by atoms with Gasteiger partial charge < -0.3 is 15.2 Å². The molecule has 0 spiro atoms. The van der Waals surface area contributed by atoms with E-state index in [1.54, 1.807) is 6.92 Å². The van der Waals surface area contributed by atoms with E-state index < -0.39 is 11.9 Å². The molecule has 0 radical (unpaired) electrons. The van der Waals surface area contributed by atoms with E-state index in [4.69, 9.17) is 9.84 Å². The summed E-state index contributed by atoms with van der Waals surface area (Å²) in [4.78, 5) is 10.9. The molecule has 1 saturated heterocycles. The highest BCUT2D eigenvalue weighted by Crippen LogP contribution is 2.22. The van der Waals surface area contributed by atoms with E-state index in [-0.39, 0.29) is 0 Å². The first-order valence-electron chi connectivity index (χ1n) is 7.75. The third kappa shape index (κ3) is 4.29. The summed E-state index contributed by atoms with van der Waals surface area (Å²) in [6, 6.07) is 7.82. The number of aliphatic carboxylic acids is 1. The summed E-state index contributed by atoms with van der Waals surface area (Å²) in [6.45, 7) is 6.55. The molecule has 0 aliphatic carbocycles. The largest absolute Gasteiger partial charge is 0.481 e. The predicted molar refractivity (Wildman–Crippen MR) is 82.3 cm³/mol. The van der Waals surface area contributed by atoms with Crippen LogP contribution in [-0.4, -0.2) is 30.3 Å². The Labute approximate surface area is 126 Å². The molecule has 1 aliphatic heterocycles. The number of carboxylic acids is 1. The van der Waals surface area contributed by atoms with E-state index in [1.165, 1.54) is 5.56 Å². The van der Waals surface area contributed by atoms with Crippen LogP contribution in [0.15, 0.2) is 24.3 Å². The fraction of sp³-hybridized carbons (Fsp3) is 0.588. The number of nitrogens with one attached hydrogen (secondary N) is 1. The summed E-state index contributed by atoms with van der Waals surface area (Å²) < 4.78 is 5.69. The fourth-order valence-electron chi connectivity index (χ4n) is 2.85. The molecule has 0 saturated carbocycles. The maximum atomic E-state index is 10.9. The summed E-state index contributed by atoms with van der Waals surface area (Å²) in [5.41, 5.74) is 2.03. The van der Waals surface area contributed by atoms with Crippen LogP contribution in [0.25, 0.3) is 0 Å². The average Bonchev–Trinajstić information content (AvgIpc) is 2.94. The lowest BCUT2D eigenvalue weighted by Gasteiger charge is -2.17. The number of carbonyl (C=O) groups is 1. The van der Waals surface area contributed by atoms with Gasteiger partial charge in [-0.3, -0.25) is 4.79 Å². The molecule has 1 heterocycles. The molecule has 2 N–H and O–H groups in total. The van der Waals surface area contributed by atoms with Gasteiger partial charge in [0.2, 0.25) is 0 Å². The quantitative estimate of drug-likeness (QED) is 0.811. The van der Waals surface area contributed by atoms with Crippen molar-refractivity contribution < 1.29 is 14.6 Å². The normalized spacial score (nSPS) is 23.1. The molecule has 116 valence electrons. The highest BCUT2D eigenvalue weighted by atomic mass is 16.5. The third-order valence-corrected chi connectivity index (χ3v) is 4.33. The summed E-state index contributed by atoms with van der Waals surface area (Å²) in [5, 5.41) is 12.5. The van der Waals surface area contributed by atoms with Crippen molar-refractivity contribution >= 4 is 5.97 Å². The first-order valence-corrected chi connectivity index (χ1v) is 7.75. The van der Waals surface area contributed by atoms with Gasteiger partial charge in [0, 0.05) is 19.7 Å². The zero-order valence-corrected chi connectivity index (χ0v) is 12.8. The van der Waals surface area contributed by atoms with E-state index in [0.717, 1.165) is 38.1 Å². The molecule has 1 aromatic carbocycles. The lowest BCUT2D eigenvalue weighted by atomic mass is 9.99. The van der Waals surface area contributed by atoms with Crippen LogP contribution in [-0.2, 0) is 16.1 Å². The van der Waals surface area contributed by atoms with Gasteiger partial charge in [-0.1, -0.05) is 31.2 Å². The number of rotatable bonds is 7. The van der Waals surface area contributed by atoms with Crippen molar-refractivity contribution in [2.45, 2.75) is 45.3 Å². The Balaban J connectivity index is 1.80. The number of carboxylic acid groups (broad SMARTS) is 1. The van der Waals surface area contributed by atoms with Crippen LogP contribution < -0.4 is 5.32 Å². The van der Waals surface area contributed by atoms with E-state index in [2.05, 4.69) is 12.2 Å². The highest BCUT2D eigenvalue weighted by molar-refractivity contribution is 5.75. The van der Waals surface area contributed by atoms with Gasteiger partial charge in [-0.15, -0.1) is 0 Å². The standard InChI is InChI=1S/C17H25NO3/c1-3-16-15(8-9-21-16)11-18-10-13-4-6-14(7-5-13)12(2)17(19)20/h4-7,12,15-16,18H,3,8-11H2,1-2H3,(H,19,20). The second-order valence-corrected chi connectivity index (χ2v) is 5.80. The molecule has 0 bridgehead atoms. The Morgan fingerprint density at radius 2 is 2.14 bits per heavy atom. The molecule has 2 rings (SSSR count). The van der Waals surface area contributed by atoms with Gasteiger partial charge in [-0.05, 0) is 36.8 Å². The fourth-order valence-corrected chi connectivity index (χ4v) is 2.85. The Hall–Kier alpha value is -1.39. The molecule has 1 aromatic rings. The monoisotopic (exact) mass is 291 g/mol. The van der Waals surface area contributed by atoms with Crippen LogP contribution >= 0.6 is 0 Å². The number of benzene rings is 1. The van der Waals surface area contributed by atoms with Crippen molar-refractivity contribution in [3.05, 3.63) is 35.4 Å². The van der Waals surface area contributed by atoms with Crippen LogP contribution in [0.4, 0.5) is 0 Å². The van der Waals surface area contributed by atoms with Crippen molar-refractivity contribution in [1.29, 1.82) is 0 Å². The minimum absolute atomic E-state index is 0.399. The highest BCUT2D eigenvalue weighted by Gasteiger charge is 2.25. The minimum atomic E-state index is -0.785. The van der Waals surface area contributed by atoms with Crippen LogP contribution in [0.3, 0.4) is 0 Å². The lowest BCUT2D eigenvalue weighted by Crippen LogP contribution is -2.27. The van der Waals surface area contributed by atoms with Crippen LogP contribution in [0.1, 0.15) is 43.7 Å². The van der Waals surface area contributed by atoms with E-state index in [1.807, 2.05) is 24.3 Å². The second-order valence-electron chi connectivity index (χ2n) is 5.80. The maximum absolute atomic E-state index is 10.9. The molecule has 0 amide bonds. The zero-order valence-electron chi connectivity index (χ0n) is 12.8. The van der Waals surface area contributed by atoms with Crippen LogP contribution in [0.2, 0.25) is 0 Å². The van der Waals surface area contributed by atoms with Crippen molar-refractivity contribution in [3.63, 3.8) is 0 Å². The van der Waals surface area contributed by atoms with Crippen LogP contribution in [0.5, 0.6) is 0 Å². The van der Waals surface area contributed by atoms with Gasteiger partial charge >= 0.3 is 5.97 Å². The molecule has 21 heavy (non-hydrogen) atoms. The van der Waals surface area contributed by atoms with Crippen molar-refractivity contribution in [3.8, 4) is 0 Å². The van der Waals surface area contributed by atoms with Crippen molar-refractivity contribution in [1.82, 2.24) is 5.32 Å². The summed E-state index contributed by atoms with van der Waals surface area (Å²) in [6.07, 6.45) is 2.62. The Morgan fingerprint density at radius 1 is 1.43 bits per heavy atom. The number of ether oxygens (including phenoxy) is 1. The summed E-state index contributed by atoms with van der Waals surface area (Å²) >= 11 is 0. The molecule has 3 atom stereocenters. The van der Waals surface area contributed by atoms with Gasteiger partial charge in [-0.2, -0.15) is 0 Å². The molecule has 4 heteroatoms. The maximum Gasteiger partial charge on any atom is 0.310 e. The Bertz CT molecular complexity index is 458. The predicted octanol–water partition coefficient (Wildman–Crippen LogP) is 2.78. The third-order valence-electron chi connectivity index (χ3n) is 4.33. The van der Waals surface area contributed by atoms with Gasteiger partial charge in [0.1, 0.15) is 0 Å². The molecular formula is C17H25NO3. The van der Waals surface area contributed by atoms with Gasteiger partial charge in [0.05, 0.1) is 12.0 Å². The molecule has 1 aliphatic rings. The molecule has 0 aromatic heterocycles. The SMILES string of the molecule is CCC1OCCC1CNCc1ccc(C(C)C(=O)O)cc1. The topological polar surface area (TPSA) is 58.6 Å². The molecule has 3 unspecified atom stereocenters. The minimum Gasteiger partial charge on any atom is -0.481 e. The van der Waals surface area contributed by atoms with E-state index in [0.29, 0.717) is 12.0 Å². The number of hydrogen-bond donors (Lipinski definition) is 2. The molecule has 4 nitrogen and oxygen atoms in total. The van der Waals surface area contributed by atoms with Gasteiger partial charge in [0.15, 0.2) is 0 Å². The van der Waals surface area contributed by atoms with E-state index >= 15 is 0 Å². The Kier molecular flexibility index (Phi) is 5.76. The average molecular weight is 291 g/mol. The Morgan fingerprint density at radius 3 is 2.76 bits per heavy atom. The summed E-state index contributed by atoms with van der Waals surface area (Å²) in [5.74, 6) is -0.623. The van der Waals surface area contributed by atoms with Crippen LogP contribution in [0, 0.1) is 5.92 Å². The van der Waals surface area contributed by atoms with Gasteiger partial charge in [0.25, 0.3) is 0 Å².